The van der Waals surface area contributed by atoms with Gasteiger partial charge in [-0.25, -0.2) is 0 Å². The second kappa shape index (κ2) is 8.10. The number of rotatable bonds is 7. The minimum Gasteiger partial charge on any atom is -0.313 e. The fourth-order valence-electron chi connectivity index (χ4n) is 3.15. The summed E-state index contributed by atoms with van der Waals surface area (Å²) in [5.41, 5.74) is 0. The van der Waals surface area contributed by atoms with Gasteiger partial charge in [0, 0.05) is 18.6 Å². The Balaban J connectivity index is 2.52. The predicted octanol–water partition coefficient (Wildman–Crippen LogP) is 3.28. The molecule has 17 heavy (non-hydrogen) atoms. The highest BCUT2D eigenvalue weighted by molar-refractivity contribution is 4.85. The first kappa shape index (κ1) is 15.0. The quantitative estimate of drug-likeness (QED) is 0.735. The molecular formula is C15H32N2. The van der Waals surface area contributed by atoms with Crippen LogP contribution in [0.3, 0.4) is 0 Å². The van der Waals surface area contributed by atoms with Crippen molar-refractivity contribution in [2.75, 3.05) is 19.6 Å². The topological polar surface area (TPSA) is 15.3 Å². The van der Waals surface area contributed by atoms with Crippen LogP contribution in [0.5, 0.6) is 0 Å². The molecule has 102 valence electrons. The lowest BCUT2D eigenvalue weighted by Gasteiger charge is -2.41. The summed E-state index contributed by atoms with van der Waals surface area (Å²) in [4.78, 5) is 2.76. The third-order valence-corrected chi connectivity index (χ3v) is 4.41. The van der Waals surface area contributed by atoms with Crippen molar-refractivity contribution in [1.82, 2.24) is 10.2 Å². The Morgan fingerprint density at radius 2 is 1.88 bits per heavy atom. The first-order valence-corrected chi connectivity index (χ1v) is 7.70. The highest BCUT2D eigenvalue weighted by Crippen LogP contribution is 2.22. The van der Waals surface area contributed by atoms with E-state index in [4.69, 9.17) is 0 Å². The van der Waals surface area contributed by atoms with Crippen molar-refractivity contribution in [3.63, 3.8) is 0 Å². The largest absolute Gasteiger partial charge is 0.313 e. The van der Waals surface area contributed by atoms with E-state index in [1.165, 1.54) is 45.2 Å². The second-order valence-corrected chi connectivity index (χ2v) is 5.59. The maximum absolute atomic E-state index is 3.61. The summed E-state index contributed by atoms with van der Waals surface area (Å²) in [7, 11) is 0. The van der Waals surface area contributed by atoms with Crippen LogP contribution in [-0.2, 0) is 0 Å². The molecule has 0 aromatic rings. The molecular weight excluding hydrogens is 208 g/mol. The number of hydrogen-bond acceptors (Lipinski definition) is 2. The first-order valence-electron chi connectivity index (χ1n) is 7.70. The van der Waals surface area contributed by atoms with Crippen LogP contribution < -0.4 is 5.32 Å². The van der Waals surface area contributed by atoms with Crippen LogP contribution in [-0.4, -0.2) is 36.6 Å². The van der Waals surface area contributed by atoms with Gasteiger partial charge in [-0.15, -0.1) is 0 Å². The summed E-state index contributed by atoms with van der Waals surface area (Å²) >= 11 is 0. The zero-order valence-electron chi connectivity index (χ0n) is 12.3. The number of nitrogens with one attached hydrogen (secondary N) is 1. The molecule has 2 atom stereocenters. The van der Waals surface area contributed by atoms with Gasteiger partial charge in [0.05, 0.1) is 0 Å². The van der Waals surface area contributed by atoms with E-state index in [1.54, 1.807) is 0 Å². The summed E-state index contributed by atoms with van der Waals surface area (Å²) < 4.78 is 0. The number of piperidine rings is 1. The standard InChI is InChI=1S/C15H32N2/c1-5-14(6-2)12-17-11-9-8-10-15(17)13(4)16-7-3/h13-16H,5-12H2,1-4H3. The van der Waals surface area contributed by atoms with Gasteiger partial charge >= 0.3 is 0 Å². The molecule has 1 rings (SSSR count). The molecule has 0 aromatic heterocycles. The molecule has 0 bridgehead atoms. The Morgan fingerprint density at radius 1 is 1.18 bits per heavy atom. The van der Waals surface area contributed by atoms with Crippen molar-refractivity contribution in [1.29, 1.82) is 0 Å². The van der Waals surface area contributed by atoms with Gasteiger partial charge in [-0.2, -0.15) is 0 Å². The lowest BCUT2D eigenvalue weighted by atomic mass is 9.93. The summed E-state index contributed by atoms with van der Waals surface area (Å²) in [6.07, 6.45) is 6.86. The Labute approximate surface area is 108 Å². The number of hydrogen-bond donors (Lipinski definition) is 1. The molecule has 2 unspecified atom stereocenters. The molecule has 2 heteroatoms. The van der Waals surface area contributed by atoms with Crippen molar-refractivity contribution < 1.29 is 0 Å². The molecule has 0 radical (unpaired) electrons. The molecule has 0 saturated carbocycles. The smallest absolute Gasteiger partial charge is 0.0246 e. The predicted molar refractivity (Wildman–Crippen MR) is 76.4 cm³/mol. The number of nitrogens with zero attached hydrogens (tertiary/aromatic N) is 1. The van der Waals surface area contributed by atoms with Crippen molar-refractivity contribution in [3.8, 4) is 0 Å². The van der Waals surface area contributed by atoms with Crippen LogP contribution in [0, 0.1) is 5.92 Å². The summed E-state index contributed by atoms with van der Waals surface area (Å²) in [6.45, 7) is 13.0. The van der Waals surface area contributed by atoms with Crippen LogP contribution in [0.15, 0.2) is 0 Å². The average molecular weight is 240 g/mol. The molecule has 1 aliphatic heterocycles. The SMILES string of the molecule is CCNC(C)C1CCCCN1CC(CC)CC. The van der Waals surface area contributed by atoms with Gasteiger partial charge in [0.25, 0.3) is 0 Å². The van der Waals surface area contributed by atoms with Gasteiger partial charge in [0.15, 0.2) is 0 Å². The van der Waals surface area contributed by atoms with Crippen molar-refractivity contribution in [3.05, 3.63) is 0 Å². The maximum Gasteiger partial charge on any atom is 0.0246 e. The summed E-state index contributed by atoms with van der Waals surface area (Å²) in [5.74, 6) is 0.893. The fraction of sp³-hybridized carbons (Fsp3) is 1.00. The molecule has 1 N–H and O–H groups in total. The monoisotopic (exact) mass is 240 g/mol. The van der Waals surface area contributed by atoms with Crippen molar-refractivity contribution in [2.45, 2.75) is 71.9 Å². The van der Waals surface area contributed by atoms with Gasteiger partial charge in [0.2, 0.25) is 0 Å². The van der Waals surface area contributed by atoms with Crippen LogP contribution >= 0.6 is 0 Å². The van der Waals surface area contributed by atoms with Gasteiger partial charge in [-0.1, -0.05) is 40.0 Å². The minimum atomic E-state index is 0.648. The Bertz CT molecular complexity index is 189. The van der Waals surface area contributed by atoms with E-state index in [9.17, 15) is 0 Å². The van der Waals surface area contributed by atoms with Crippen LogP contribution in [0.1, 0.15) is 59.8 Å². The molecule has 0 aromatic carbocycles. The molecule has 0 aliphatic carbocycles. The molecule has 2 nitrogen and oxygen atoms in total. The Kier molecular flexibility index (Phi) is 7.14. The number of likely N-dealkylation sites (N-methyl/N-ethyl adjacent to an activating group) is 1. The highest BCUT2D eigenvalue weighted by Gasteiger charge is 2.27. The molecule has 1 aliphatic rings. The minimum absolute atomic E-state index is 0.648. The number of likely N-dealkylation sites (tertiary alicyclic amines) is 1. The second-order valence-electron chi connectivity index (χ2n) is 5.59. The summed E-state index contributed by atoms with van der Waals surface area (Å²) in [6, 6.07) is 1.42. The van der Waals surface area contributed by atoms with E-state index >= 15 is 0 Å². The zero-order valence-corrected chi connectivity index (χ0v) is 12.3. The van der Waals surface area contributed by atoms with Gasteiger partial charge in [0.1, 0.15) is 0 Å². The van der Waals surface area contributed by atoms with Crippen molar-refractivity contribution in [2.24, 2.45) is 5.92 Å². The van der Waals surface area contributed by atoms with Crippen LogP contribution in [0.25, 0.3) is 0 Å². The van der Waals surface area contributed by atoms with E-state index in [-0.39, 0.29) is 0 Å². The molecule has 0 spiro atoms. The van der Waals surface area contributed by atoms with Crippen LogP contribution in [0.2, 0.25) is 0 Å². The lowest BCUT2D eigenvalue weighted by molar-refractivity contribution is 0.0985. The molecule has 0 amide bonds. The van der Waals surface area contributed by atoms with Crippen molar-refractivity contribution >= 4 is 0 Å². The van der Waals surface area contributed by atoms with Gasteiger partial charge in [-0.05, 0) is 38.8 Å². The highest BCUT2D eigenvalue weighted by atomic mass is 15.2. The van der Waals surface area contributed by atoms with E-state index in [1.807, 2.05) is 0 Å². The van der Waals surface area contributed by atoms with E-state index in [0.29, 0.717) is 6.04 Å². The van der Waals surface area contributed by atoms with Crippen LogP contribution in [0.4, 0.5) is 0 Å². The third-order valence-electron chi connectivity index (χ3n) is 4.41. The third kappa shape index (κ3) is 4.59. The first-order chi connectivity index (χ1) is 8.22. The van der Waals surface area contributed by atoms with E-state index in [0.717, 1.165) is 18.5 Å². The van der Waals surface area contributed by atoms with Gasteiger partial charge in [-0.3, -0.25) is 4.90 Å². The van der Waals surface area contributed by atoms with E-state index in [2.05, 4.69) is 37.9 Å². The zero-order chi connectivity index (χ0) is 12.7. The maximum atomic E-state index is 3.61. The fourth-order valence-corrected chi connectivity index (χ4v) is 3.15. The molecule has 1 heterocycles. The van der Waals surface area contributed by atoms with Gasteiger partial charge < -0.3 is 5.32 Å². The Hall–Kier alpha value is -0.0800. The van der Waals surface area contributed by atoms with E-state index < -0.39 is 0 Å². The molecule has 1 saturated heterocycles. The lowest BCUT2D eigenvalue weighted by Crippen LogP contribution is -2.52. The molecule has 1 fully saturated rings. The summed E-state index contributed by atoms with van der Waals surface area (Å²) in [5, 5.41) is 3.61. The average Bonchev–Trinajstić information content (AvgIpc) is 2.36. The Morgan fingerprint density at radius 3 is 2.47 bits per heavy atom. The normalized spacial score (nSPS) is 24.2.